The molecule has 3 N–H and O–H groups in total. The summed E-state index contributed by atoms with van der Waals surface area (Å²) in [7, 11) is 0. The first kappa shape index (κ1) is 14.6. The molecule has 98 valence electrons. The van der Waals surface area contributed by atoms with Crippen LogP contribution in [0, 0.1) is 12.3 Å². The van der Waals surface area contributed by atoms with Crippen molar-refractivity contribution in [1.29, 1.82) is 0 Å². The lowest BCUT2D eigenvalue weighted by atomic mass is 9.84. The summed E-state index contributed by atoms with van der Waals surface area (Å²) in [6.07, 6.45) is 5.52. The number of aromatic nitrogens is 1. The van der Waals surface area contributed by atoms with Crippen molar-refractivity contribution in [3.63, 3.8) is 0 Å². The lowest BCUT2D eigenvalue weighted by Crippen LogP contribution is -2.20. The van der Waals surface area contributed by atoms with Gasteiger partial charge in [-0.15, -0.1) is 11.3 Å². The summed E-state index contributed by atoms with van der Waals surface area (Å²) >= 11 is 1.77. The Morgan fingerprint density at radius 3 is 2.76 bits per heavy atom. The van der Waals surface area contributed by atoms with Gasteiger partial charge < -0.3 is 11.1 Å². The van der Waals surface area contributed by atoms with E-state index < -0.39 is 0 Å². The van der Waals surface area contributed by atoms with Crippen LogP contribution in [0.2, 0.25) is 0 Å². The second-order valence-electron chi connectivity index (χ2n) is 5.33. The van der Waals surface area contributed by atoms with E-state index in [-0.39, 0.29) is 0 Å². The average molecular weight is 255 g/mol. The standard InChI is InChI=1S/C13H25N3S/c1-11-16-10-12(17-11)9-15-8-4-5-13(2,3)6-7-14/h10,15H,4-9,14H2,1-3H3. The predicted molar refractivity (Wildman–Crippen MR) is 75.2 cm³/mol. The van der Waals surface area contributed by atoms with Gasteiger partial charge in [0.25, 0.3) is 0 Å². The van der Waals surface area contributed by atoms with Gasteiger partial charge in [0.05, 0.1) is 5.01 Å². The van der Waals surface area contributed by atoms with Crippen molar-refractivity contribution in [3.8, 4) is 0 Å². The largest absolute Gasteiger partial charge is 0.330 e. The molecule has 0 unspecified atom stereocenters. The summed E-state index contributed by atoms with van der Waals surface area (Å²) in [5.41, 5.74) is 5.99. The highest BCUT2D eigenvalue weighted by atomic mass is 32.1. The molecule has 0 amide bonds. The highest BCUT2D eigenvalue weighted by Crippen LogP contribution is 2.25. The third-order valence-corrected chi connectivity index (χ3v) is 3.91. The van der Waals surface area contributed by atoms with Gasteiger partial charge in [-0.05, 0) is 44.7 Å². The zero-order valence-electron chi connectivity index (χ0n) is 11.3. The Morgan fingerprint density at radius 1 is 1.41 bits per heavy atom. The minimum Gasteiger partial charge on any atom is -0.330 e. The zero-order valence-corrected chi connectivity index (χ0v) is 12.1. The maximum atomic E-state index is 5.60. The molecule has 17 heavy (non-hydrogen) atoms. The van der Waals surface area contributed by atoms with Crippen molar-refractivity contribution in [2.24, 2.45) is 11.1 Å². The molecule has 1 aromatic heterocycles. The van der Waals surface area contributed by atoms with Crippen LogP contribution in [-0.2, 0) is 6.54 Å². The van der Waals surface area contributed by atoms with Gasteiger partial charge in [-0.1, -0.05) is 13.8 Å². The third kappa shape index (κ3) is 6.15. The molecule has 0 spiro atoms. The molecule has 0 saturated carbocycles. The quantitative estimate of drug-likeness (QED) is 0.702. The summed E-state index contributed by atoms with van der Waals surface area (Å²) in [4.78, 5) is 5.57. The van der Waals surface area contributed by atoms with Crippen LogP contribution in [0.15, 0.2) is 6.20 Å². The van der Waals surface area contributed by atoms with E-state index in [9.17, 15) is 0 Å². The zero-order chi connectivity index (χ0) is 12.7. The van der Waals surface area contributed by atoms with E-state index in [1.165, 1.54) is 17.7 Å². The van der Waals surface area contributed by atoms with Crippen LogP contribution in [0.1, 0.15) is 43.0 Å². The topological polar surface area (TPSA) is 50.9 Å². The van der Waals surface area contributed by atoms with Crippen molar-refractivity contribution in [3.05, 3.63) is 16.1 Å². The van der Waals surface area contributed by atoms with Gasteiger partial charge in [-0.25, -0.2) is 4.98 Å². The maximum absolute atomic E-state index is 5.60. The number of nitrogens with two attached hydrogens (primary N) is 1. The van der Waals surface area contributed by atoms with Gasteiger partial charge in [0.1, 0.15) is 0 Å². The Labute approximate surface area is 109 Å². The van der Waals surface area contributed by atoms with Gasteiger partial charge in [-0.2, -0.15) is 0 Å². The number of thiazole rings is 1. The molecule has 0 aliphatic rings. The van der Waals surface area contributed by atoms with Crippen LogP contribution >= 0.6 is 11.3 Å². The molecular weight excluding hydrogens is 230 g/mol. The van der Waals surface area contributed by atoms with E-state index in [0.717, 1.165) is 31.1 Å². The Kier molecular flexibility index (Phi) is 6.09. The van der Waals surface area contributed by atoms with Crippen LogP contribution in [0.3, 0.4) is 0 Å². The second-order valence-corrected chi connectivity index (χ2v) is 6.65. The van der Waals surface area contributed by atoms with Gasteiger partial charge in [0, 0.05) is 17.6 Å². The fourth-order valence-electron chi connectivity index (χ4n) is 1.91. The molecule has 0 saturated heterocycles. The number of nitrogens with zero attached hydrogens (tertiary/aromatic N) is 1. The number of hydrogen-bond acceptors (Lipinski definition) is 4. The lowest BCUT2D eigenvalue weighted by Gasteiger charge is -2.23. The van der Waals surface area contributed by atoms with E-state index in [0.29, 0.717) is 5.41 Å². The number of rotatable bonds is 8. The van der Waals surface area contributed by atoms with Crippen molar-refractivity contribution in [1.82, 2.24) is 10.3 Å². The molecule has 1 heterocycles. The highest BCUT2D eigenvalue weighted by molar-refractivity contribution is 7.11. The van der Waals surface area contributed by atoms with Crippen LogP contribution in [0.25, 0.3) is 0 Å². The molecule has 0 bridgehead atoms. The molecule has 0 radical (unpaired) electrons. The smallest absolute Gasteiger partial charge is 0.0897 e. The van der Waals surface area contributed by atoms with Crippen molar-refractivity contribution < 1.29 is 0 Å². The summed E-state index contributed by atoms with van der Waals surface area (Å²) in [6, 6.07) is 0. The van der Waals surface area contributed by atoms with Crippen LogP contribution in [-0.4, -0.2) is 18.1 Å². The van der Waals surface area contributed by atoms with E-state index >= 15 is 0 Å². The first-order valence-electron chi connectivity index (χ1n) is 6.35. The highest BCUT2D eigenvalue weighted by Gasteiger charge is 2.15. The van der Waals surface area contributed by atoms with Crippen molar-refractivity contribution in [2.75, 3.05) is 13.1 Å². The molecule has 0 aliphatic heterocycles. The Morgan fingerprint density at radius 2 is 2.18 bits per heavy atom. The minimum atomic E-state index is 0.386. The van der Waals surface area contributed by atoms with E-state index in [2.05, 4.69) is 24.1 Å². The molecular formula is C13H25N3S. The third-order valence-electron chi connectivity index (χ3n) is 3.00. The molecule has 1 aromatic rings. The molecule has 3 nitrogen and oxygen atoms in total. The fourth-order valence-corrected chi connectivity index (χ4v) is 2.67. The number of nitrogens with one attached hydrogen (secondary N) is 1. The van der Waals surface area contributed by atoms with Crippen LogP contribution in [0.4, 0.5) is 0 Å². The SMILES string of the molecule is Cc1ncc(CNCCCC(C)(C)CCN)s1. The van der Waals surface area contributed by atoms with Gasteiger partial charge in [0.15, 0.2) is 0 Å². The molecule has 0 aromatic carbocycles. The maximum Gasteiger partial charge on any atom is 0.0897 e. The fraction of sp³-hybridized carbons (Fsp3) is 0.769. The van der Waals surface area contributed by atoms with Gasteiger partial charge >= 0.3 is 0 Å². The minimum absolute atomic E-state index is 0.386. The molecule has 4 heteroatoms. The van der Waals surface area contributed by atoms with E-state index in [1.807, 2.05) is 13.1 Å². The monoisotopic (exact) mass is 255 g/mol. The first-order chi connectivity index (χ1) is 8.03. The van der Waals surface area contributed by atoms with Crippen LogP contribution in [0.5, 0.6) is 0 Å². The van der Waals surface area contributed by atoms with Gasteiger partial charge in [0.2, 0.25) is 0 Å². The van der Waals surface area contributed by atoms with E-state index in [4.69, 9.17) is 5.73 Å². The van der Waals surface area contributed by atoms with Crippen molar-refractivity contribution in [2.45, 2.75) is 46.6 Å². The molecule has 0 fully saturated rings. The summed E-state index contributed by atoms with van der Waals surface area (Å²) in [5.74, 6) is 0. The average Bonchev–Trinajstić information content (AvgIpc) is 2.63. The Balaban J connectivity index is 2.08. The molecule has 0 atom stereocenters. The van der Waals surface area contributed by atoms with Gasteiger partial charge in [-0.3, -0.25) is 0 Å². The summed E-state index contributed by atoms with van der Waals surface area (Å²) in [6.45, 7) is 9.46. The first-order valence-corrected chi connectivity index (χ1v) is 7.17. The lowest BCUT2D eigenvalue weighted by molar-refractivity contribution is 0.302. The Hall–Kier alpha value is -0.450. The normalized spacial score (nSPS) is 12.0. The Bertz CT molecular complexity index is 320. The summed E-state index contributed by atoms with van der Waals surface area (Å²) < 4.78 is 0. The molecule has 0 aliphatic carbocycles. The van der Waals surface area contributed by atoms with Crippen LogP contribution < -0.4 is 11.1 Å². The number of hydrogen-bond donors (Lipinski definition) is 2. The summed E-state index contributed by atoms with van der Waals surface area (Å²) in [5, 5.41) is 4.61. The van der Waals surface area contributed by atoms with Crippen molar-refractivity contribution >= 4 is 11.3 Å². The number of aryl methyl sites for hydroxylation is 1. The molecule has 1 rings (SSSR count). The van der Waals surface area contributed by atoms with E-state index in [1.54, 1.807) is 11.3 Å². The second kappa shape index (κ2) is 7.09. The predicted octanol–water partition coefficient (Wildman–Crippen LogP) is 2.70.